The average Bonchev–Trinajstić information content (AvgIpc) is 2.72. The number of hydrogen-bond acceptors (Lipinski definition) is 6. The summed E-state index contributed by atoms with van der Waals surface area (Å²) in [6, 6.07) is 3.71. The van der Waals surface area contributed by atoms with Crippen molar-refractivity contribution in [1.82, 2.24) is 0 Å². The molecular formula is C20H22Br2O6. The molecule has 0 radical (unpaired) electrons. The molecule has 0 saturated heterocycles. The van der Waals surface area contributed by atoms with Gasteiger partial charge in [0.05, 0.1) is 51.6 Å². The van der Waals surface area contributed by atoms with E-state index in [0.29, 0.717) is 34.5 Å². The molecule has 2 aromatic carbocycles. The monoisotopic (exact) mass is 516 g/mol. The van der Waals surface area contributed by atoms with Crippen molar-refractivity contribution in [2.24, 2.45) is 0 Å². The Balaban J connectivity index is 2.60. The summed E-state index contributed by atoms with van der Waals surface area (Å²) >= 11 is 7.15. The lowest BCUT2D eigenvalue weighted by atomic mass is 10.1. The third kappa shape index (κ3) is 4.17. The van der Waals surface area contributed by atoms with Gasteiger partial charge in [0.25, 0.3) is 0 Å². The lowest BCUT2D eigenvalue weighted by Gasteiger charge is -2.16. The zero-order valence-corrected chi connectivity index (χ0v) is 19.7. The van der Waals surface area contributed by atoms with Crippen LogP contribution in [0.1, 0.15) is 11.1 Å². The molecule has 0 N–H and O–H groups in total. The van der Waals surface area contributed by atoms with E-state index in [0.717, 1.165) is 20.1 Å². The number of hydrogen-bond donors (Lipinski definition) is 0. The zero-order chi connectivity index (χ0) is 20.8. The Kier molecular flexibility index (Phi) is 7.88. The normalized spacial score (nSPS) is 10.7. The second-order valence-electron chi connectivity index (χ2n) is 5.43. The molecule has 0 fully saturated rings. The van der Waals surface area contributed by atoms with Gasteiger partial charge in [0, 0.05) is 0 Å². The summed E-state index contributed by atoms with van der Waals surface area (Å²) < 4.78 is 34.1. The maximum Gasteiger partial charge on any atom is 0.204 e. The second-order valence-corrected chi connectivity index (χ2v) is 7.02. The highest BCUT2D eigenvalue weighted by molar-refractivity contribution is 9.11. The van der Waals surface area contributed by atoms with Crippen LogP contribution >= 0.6 is 31.9 Å². The molecule has 0 aliphatic heterocycles. The Morgan fingerprint density at radius 3 is 1.11 bits per heavy atom. The number of methoxy groups -OCH3 is 6. The smallest absolute Gasteiger partial charge is 0.204 e. The van der Waals surface area contributed by atoms with Crippen molar-refractivity contribution >= 4 is 44.0 Å². The van der Waals surface area contributed by atoms with Crippen LogP contribution in [0.4, 0.5) is 0 Å². The van der Waals surface area contributed by atoms with E-state index in [1.54, 1.807) is 42.7 Å². The van der Waals surface area contributed by atoms with E-state index >= 15 is 0 Å². The molecule has 0 aliphatic rings. The molecule has 0 unspecified atom stereocenters. The minimum absolute atomic E-state index is 0.517. The van der Waals surface area contributed by atoms with Crippen LogP contribution in [0, 0.1) is 0 Å². The molecule has 0 heterocycles. The minimum atomic E-state index is 0.517. The largest absolute Gasteiger partial charge is 0.493 e. The Morgan fingerprint density at radius 2 is 0.857 bits per heavy atom. The van der Waals surface area contributed by atoms with Crippen LogP contribution < -0.4 is 28.4 Å². The van der Waals surface area contributed by atoms with Crippen LogP contribution in [-0.2, 0) is 0 Å². The fraction of sp³-hybridized carbons (Fsp3) is 0.300. The first-order chi connectivity index (χ1) is 13.5. The second kappa shape index (κ2) is 9.93. The van der Waals surface area contributed by atoms with Gasteiger partial charge >= 0.3 is 0 Å². The van der Waals surface area contributed by atoms with Crippen LogP contribution in [0.25, 0.3) is 12.2 Å². The molecule has 0 spiro atoms. The van der Waals surface area contributed by atoms with Crippen LogP contribution in [-0.4, -0.2) is 42.7 Å². The fourth-order valence-electron chi connectivity index (χ4n) is 2.70. The van der Waals surface area contributed by atoms with Gasteiger partial charge in [-0.1, -0.05) is 12.2 Å². The van der Waals surface area contributed by atoms with Crippen LogP contribution in [0.2, 0.25) is 0 Å². The third-order valence-corrected chi connectivity index (χ3v) is 5.67. The molecule has 0 saturated carbocycles. The number of rotatable bonds is 8. The Hall–Kier alpha value is -2.06. The van der Waals surface area contributed by atoms with Gasteiger partial charge in [0.1, 0.15) is 0 Å². The van der Waals surface area contributed by atoms with Gasteiger partial charge in [-0.25, -0.2) is 0 Å². The summed E-state index contributed by atoms with van der Waals surface area (Å²) in [6.45, 7) is 0. The third-order valence-electron chi connectivity index (χ3n) is 4.04. The van der Waals surface area contributed by atoms with Crippen LogP contribution in [0.15, 0.2) is 21.1 Å². The van der Waals surface area contributed by atoms with Gasteiger partial charge in [-0.2, -0.15) is 0 Å². The van der Waals surface area contributed by atoms with E-state index in [1.165, 1.54) is 0 Å². The summed E-state index contributed by atoms with van der Waals surface area (Å²) in [5.41, 5.74) is 1.69. The topological polar surface area (TPSA) is 55.4 Å². The Labute approximate surface area is 181 Å². The summed E-state index contributed by atoms with van der Waals surface area (Å²) in [5, 5.41) is 0. The molecule has 152 valence electrons. The van der Waals surface area contributed by atoms with Crippen molar-refractivity contribution < 1.29 is 28.4 Å². The Bertz CT molecular complexity index is 808. The fourth-order valence-corrected chi connectivity index (χ4v) is 3.88. The standard InChI is InChI=1S/C20H22Br2O6/c1-23-13-9-11(15(21)19(27-5)17(13)25-3)7-8-12-10-14(24-2)18(26-4)20(28-6)16(12)22/h7-10H,1-6H3/b8-7-. The lowest BCUT2D eigenvalue weighted by Crippen LogP contribution is -1.98. The zero-order valence-electron chi connectivity index (χ0n) is 16.5. The molecular weight excluding hydrogens is 496 g/mol. The van der Waals surface area contributed by atoms with Crippen molar-refractivity contribution in [3.05, 3.63) is 32.2 Å². The molecule has 28 heavy (non-hydrogen) atoms. The average molecular weight is 518 g/mol. The van der Waals surface area contributed by atoms with Gasteiger partial charge in [0.2, 0.25) is 11.5 Å². The molecule has 2 rings (SSSR count). The van der Waals surface area contributed by atoms with Gasteiger partial charge in [-0.05, 0) is 55.1 Å². The van der Waals surface area contributed by atoms with Crippen LogP contribution in [0.3, 0.4) is 0 Å². The van der Waals surface area contributed by atoms with Gasteiger partial charge in [0.15, 0.2) is 23.0 Å². The Morgan fingerprint density at radius 1 is 0.536 bits per heavy atom. The minimum Gasteiger partial charge on any atom is -0.493 e. The van der Waals surface area contributed by atoms with Crippen molar-refractivity contribution in [2.75, 3.05) is 42.7 Å². The van der Waals surface area contributed by atoms with Crippen molar-refractivity contribution in [1.29, 1.82) is 0 Å². The van der Waals surface area contributed by atoms with E-state index in [1.807, 2.05) is 24.3 Å². The molecule has 0 atom stereocenters. The molecule has 6 nitrogen and oxygen atoms in total. The first-order valence-electron chi connectivity index (χ1n) is 8.12. The first-order valence-corrected chi connectivity index (χ1v) is 9.70. The van der Waals surface area contributed by atoms with Crippen molar-refractivity contribution in [3.8, 4) is 34.5 Å². The number of halogens is 2. The van der Waals surface area contributed by atoms with Crippen molar-refractivity contribution in [3.63, 3.8) is 0 Å². The predicted octanol–water partition coefficient (Wildman–Crippen LogP) is 5.43. The van der Waals surface area contributed by atoms with Crippen LogP contribution in [0.5, 0.6) is 34.5 Å². The molecule has 0 amide bonds. The van der Waals surface area contributed by atoms with E-state index < -0.39 is 0 Å². The summed E-state index contributed by atoms with van der Waals surface area (Å²) in [4.78, 5) is 0. The van der Waals surface area contributed by atoms with E-state index in [-0.39, 0.29) is 0 Å². The number of benzene rings is 2. The highest BCUT2D eigenvalue weighted by atomic mass is 79.9. The maximum absolute atomic E-state index is 5.48. The molecule has 0 aromatic heterocycles. The molecule has 8 heteroatoms. The SMILES string of the molecule is COc1cc(/C=C\c2cc(OC)c(OC)c(OC)c2Br)c(Br)c(OC)c1OC. The highest BCUT2D eigenvalue weighted by Crippen LogP contribution is 2.47. The van der Waals surface area contributed by atoms with E-state index in [9.17, 15) is 0 Å². The first kappa shape index (κ1) is 22.2. The maximum atomic E-state index is 5.48. The quantitative estimate of drug-likeness (QED) is 0.435. The van der Waals surface area contributed by atoms with Crippen molar-refractivity contribution in [2.45, 2.75) is 0 Å². The van der Waals surface area contributed by atoms with E-state index in [2.05, 4.69) is 31.9 Å². The molecule has 0 bridgehead atoms. The lowest BCUT2D eigenvalue weighted by molar-refractivity contribution is 0.323. The molecule has 0 aliphatic carbocycles. The summed E-state index contributed by atoms with van der Waals surface area (Å²) in [7, 11) is 9.43. The highest BCUT2D eigenvalue weighted by Gasteiger charge is 2.20. The predicted molar refractivity (Wildman–Crippen MR) is 117 cm³/mol. The van der Waals surface area contributed by atoms with Gasteiger partial charge < -0.3 is 28.4 Å². The number of ether oxygens (including phenoxy) is 6. The van der Waals surface area contributed by atoms with Gasteiger partial charge in [-0.3, -0.25) is 0 Å². The van der Waals surface area contributed by atoms with E-state index in [4.69, 9.17) is 28.4 Å². The summed E-state index contributed by atoms with van der Waals surface area (Å²) in [6.07, 6.45) is 3.83. The molecule has 2 aromatic rings. The summed E-state index contributed by atoms with van der Waals surface area (Å²) in [5.74, 6) is 3.25. The van der Waals surface area contributed by atoms with Gasteiger partial charge in [-0.15, -0.1) is 0 Å².